The molecule has 9 nitrogen and oxygen atoms in total. The van der Waals surface area contributed by atoms with E-state index in [4.69, 9.17) is 14.2 Å². The molecule has 0 radical (unpaired) electrons. The molecule has 0 bridgehead atoms. The topological polar surface area (TPSA) is 115 Å². The second kappa shape index (κ2) is 10.5. The van der Waals surface area contributed by atoms with Gasteiger partial charge in [-0.05, 0) is 52.0 Å². The van der Waals surface area contributed by atoms with E-state index >= 15 is 0 Å². The number of carbonyl (C=O) groups is 2. The van der Waals surface area contributed by atoms with Crippen LogP contribution in [0.4, 0.5) is 5.95 Å². The fourth-order valence-corrected chi connectivity index (χ4v) is 3.10. The number of benzene rings is 2. The quantitative estimate of drug-likeness (QED) is 0.444. The molecule has 0 aliphatic rings. The van der Waals surface area contributed by atoms with E-state index in [2.05, 4.69) is 20.6 Å². The van der Waals surface area contributed by atoms with Crippen LogP contribution in [0.3, 0.4) is 0 Å². The highest BCUT2D eigenvalue weighted by Crippen LogP contribution is 2.39. The molecule has 1 atom stereocenters. The van der Waals surface area contributed by atoms with E-state index in [0.29, 0.717) is 48.6 Å². The molecule has 3 aromatic rings. The second-order valence-electron chi connectivity index (χ2n) is 6.89. The standard InChI is InChI=1S/C23H28N4O5/c1-5-30-18-12-15(13-19(31-6-2)20(18)32-7-3)22(29)24-14(4)21(28)27-23-25-16-10-8-9-11-17(16)26-23/h8-14H,5-7H2,1-4H3,(H,24,29)(H2,25,26,27,28)/t14-/m0/s1. The van der Waals surface area contributed by atoms with Gasteiger partial charge in [0.1, 0.15) is 6.04 Å². The minimum Gasteiger partial charge on any atom is -0.490 e. The molecule has 2 amide bonds. The highest BCUT2D eigenvalue weighted by atomic mass is 16.5. The zero-order valence-corrected chi connectivity index (χ0v) is 18.7. The number of ether oxygens (including phenoxy) is 3. The summed E-state index contributed by atoms with van der Waals surface area (Å²) in [5, 5.41) is 5.38. The summed E-state index contributed by atoms with van der Waals surface area (Å²) in [5.41, 5.74) is 1.84. The zero-order chi connectivity index (χ0) is 23.1. The first-order valence-electron chi connectivity index (χ1n) is 10.6. The summed E-state index contributed by atoms with van der Waals surface area (Å²) in [6, 6.07) is 9.78. The lowest BCUT2D eigenvalue weighted by atomic mass is 10.1. The van der Waals surface area contributed by atoms with Crippen LogP contribution in [0.15, 0.2) is 36.4 Å². The number of hydrogen-bond donors (Lipinski definition) is 3. The van der Waals surface area contributed by atoms with Gasteiger partial charge >= 0.3 is 0 Å². The number of aromatic amines is 1. The molecule has 0 spiro atoms. The Balaban J connectivity index is 1.74. The van der Waals surface area contributed by atoms with E-state index in [1.165, 1.54) is 0 Å². The maximum Gasteiger partial charge on any atom is 0.252 e. The summed E-state index contributed by atoms with van der Waals surface area (Å²) < 4.78 is 17.0. The maximum absolute atomic E-state index is 12.9. The highest BCUT2D eigenvalue weighted by molar-refractivity contribution is 6.01. The third kappa shape index (κ3) is 5.29. The van der Waals surface area contributed by atoms with Gasteiger partial charge in [0.25, 0.3) is 5.91 Å². The number of nitrogens with zero attached hydrogens (tertiary/aromatic N) is 1. The van der Waals surface area contributed by atoms with E-state index in [1.54, 1.807) is 19.1 Å². The summed E-state index contributed by atoms with van der Waals surface area (Å²) in [6.45, 7) is 8.34. The Kier molecular flexibility index (Phi) is 7.54. The number of carbonyl (C=O) groups excluding carboxylic acids is 2. The lowest BCUT2D eigenvalue weighted by molar-refractivity contribution is -0.117. The van der Waals surface area contributed by atoms with Gasteiger partial charge in [0.2, 0.25) is 17.6 Å². The van der Waals surface area contributed by atoms with Crippen LogP contribution in [0.2, 0.25) is 0 Å². The molecule has 3 rings (SSSR count). The summed E-state index contributed by atoms with van der Waals surface area (Å²) in [5.74, 6) is 0.731. The molecule has 32 heavy (non-hydrogen) atoms. The molecular formula is C23H28N4O5. The summed E-state index contributed by atoms with van der Waals surface area (Å²) in [4.78, 5) is 32.8. The van der Waals surface area contributed by atoms with Gasteiger partial charge in [-0.1, -0.05) is 12.1 Å². The lowest BCUT2D eigenvalue weighted by Crippen LogP contribution is -2.41. The summed E-state index contributed by atoms with van der Waals surface area (Å²) in [6.07, 6.45) is 0. The lowest BCUT2D eigenvalue weighted by Gasteiger charge is -2.18. The van der Waals surface area contributed by atoms with Crippen molar-refractivity contribution < 1.29 is 23.8 Å². The van der Waals surface area contributed by atoms with Crippen LogP contribution in [0.25, 0.3) is 11.0 Å². The van der Waals surface area contributed by atoms with Gasteiger partial charge in [0.05, 0.1) is 30.9 Å². The normalized spacial score (nSPS) is 11.6. The van der Waals surface area contributed by atoms with E-state index in [0.717, 1.165) is 11.0 Å². The number of hydrogen-bond acceptors (Lipinski definition) is 6. The van der Waals surface area contributed by atoms with Crippen molar-refractivity contribution in [3.05, 3.63) is 42.0 Å². The highest BCUT2D eigenvalue weighted by Gasteiger charge is 2.22. The summed E-state index contributed by atoms with van der Waals surface area (Å²) >= 11 is 0. The van der Waals surface area contributed by atoms with Crippen molar-refractivity contribution in [3.63, 3.8) is 0 Å². The minimum atomic E-state index is -0.812. The van der Waals surface area contributed by atoms with Crippen LogP contribution in [-0.2, 0) is 4.79 Å². The van der Waals surface area contributed by atoms with E-state index in [-0.39, 0.29) is 0 Å². The second-order valence-corrected chi connectivity index (χ2v) is 6.89. The maximum atomic E-state index is 12.9. The van der Waals surface area contributed by atoms with Crippen molar-refractivity contribution in [1.82, 2.24) is 15.3 Å². The van der Waals surface area contributed by atoms with Crippen LogP contribution in [0, 0.1) is 0 Å². The predicted molar refractivity (Wildman–Crippen MR) is 122 cm³/mol. The number of H-pyrrole nitrogens is 1. The van der Waals surface area contributed by atoms with Crippen molar-refractivity contribution in [2.24, 2.45) is 0 Å². The van der Waals surface area contributed by atoms with Gasteiger partial charge in [-0.3, -0.25) is 14.9 Å². The minimum absolute atomic E-state index is 0.295. The average Bonchev–Trinajstić information content (AvgIpc) is 3.18. The number of fused-ring (bicyclic) bond motifs is 1. The van der Waals surface area contributed by atoms with Crippen LogP contribution >= 0.6 is 0 Å². The molecule has 0 saturated carbocycles. The van der Waals surface area contributed by atoms with Gasteiger partial charge < -0.3 is 24.5 Å². The Morgan fingerprint density at radius 3 is 2.22 bits per heavy atom. The number of imidazole rings is 1. The molecule has 9 heteroatoms. The molecule has 170 valence electrons. The Morgan fingerprint density at radius 2 is 1.62 bits per heavy atom. The van der Waals surface area contributed by atoms with Crippen LogP contribution in [0.1, 0.15) is 38.1 Å². The van der Waals surface area contributed by atoms with E-state index in [1.807, 2.05) is 45.0 Å². The van der Waals surface area contributed by atoms with Crippen molar-refractivity contribution in [2.45, 2.75) is 33.7 Å². The predicted octanol–water partition coefficient (Wildman–Crippen LogP) is 3.52. The molecule has 0 aliphatic carbocycles. The third-order valence-electron chi connectivity index (χ3n) is 4.54. The van der Waals surface area contributed by atoms with Crippen LogP contribution < -0.4 is 24.8 Å². The smallest absolute Gasteiger partial charge is 0.252 e. The monoisotopic (exact) mass is 440 g/mol. The first-order valence-corrected chi connectivity index (χ1v) is 10.6. The molecule has 0 fully saturated rings. The average molecular weight is 441 g/mol. The van der Waals surface area contributed by atoms with Crippen molar-refractivity contribution >= 4 is 28.8 Å². The van der Waals surface area contributed by atoms with Crippen LogP contribution in [0.5, 0.6) is 17.2 Å². The van der Waals surface area contributed by atoms with Gasteiger partial charge in [0, 0.05) is 5.56 Å². The van der Waals surface area contributed by atoms with Crippen molar-refractivity contribution in [1.29, 1.82) is 0 Å². The number of amides is 2. The Labute approximate surface area is 186 Å². The van der Waals surface area contributed by atoms with Crippen LogP contribution in [-0.4, -0.2) is 47.6 Å². The van der Waals surface area contributed by atoms with Crippen molar-refractivity contribution in [3.8, 4) is 17.2 Å². The number of para-hydroxylation sites is 2. The fourth-order valence-electron chi connectivity index (χ4n) is 3.10. The van der Waals surface area contributed by atoms with Gasteiger partial charge in [0.15, 0.2) is 11.5 Å². The number of aromatic nitrogens is 2. The van der Waals surface area contributed by atoms with E-state index < -0.39 is 17.9 Å². The first kappa shape index (κ1) is 22.9. The molecular weight excluding hydrogens is 412 g/mol. The Bertz CT molecular complexity index is 1030. The molecule has 0 unspecified atom stereocenters. The third-order valence-corrected chi connectivity index (χ3v) is 4.54. The first-order chi connectivity index (χ1) is 15.5. The largest absolute Gasteiger partial charge is 0.490 e. The zero-order valence-electron chi connectivity index (χ0n) is 18.7. The van der Waals surface area contributed by atoms with E-state index in [9.17, 15) is 9.59 Å². The Morgan fingerprint density at radius 1 is 1.00 bits per heavy atom. The molecule has 3 N–H and O–H groups in total. The number of anilines is 1. The molecule has 1 aromatic heterocycles. The fraction of sp³-hybridized carbons (Fsp3) is 0.348. The molecule has 0 aliphatic heterocycles. The number of rotatable bonds is 10. The molecule has 2 aromatic carbocycles. The molecule has 1 heterocycles. The molecule has 0 saturated heterocycles. The summed E-state index contributed by atoms with van der Waals surface area (Å²) in [7, 11) is 0. The van der Waals surface area contributed by atoms with Gasteiger partial charge in [-0.2, -0.15) is 0 Å². The Hall–Kier alpha value is -3.75. The van der Waals surface area contributed by atoms with Gasteiger partial charge in [-0.25, -0.2) is 4.98 Å². The SMILES string of the molecule is CCOc1cc(C(=O)N[C@@H](C)C(=O)Nc2nc3ccccc3[nH]2)cc(OCC)c1OCC. The van der Waals surface area contributed by atoms with Gasteiger partial charge in [-0.15, -0.1) is 0 Å². The number of nitrogens with one attached hydrogen (secondary N) is 3. The van der Waals surface area contributed by atoms with Crippen molar-refractivity contribution in [2.75, 3.05) is 25.1 Å².